The smallest absolute Gasteiger partial charge is 0.292 e. The average Bonchev–Trinajstić information content (AvgIpc) is 2.97. The van der Waals surface area contributed by atoms with Gasteiger partial charge in [0.1, 0.15) is 5.69 Å². The Labute approximate surface area is 120 Å². The first-order valence-electron chi connectivity index (χ1n) is 6.20. The van der Waals surface area contributed by atoms with Gasteiger partial charge in [0.05, 0.1) is 11.1 Å². The summed E-state index contributed by atoms with van der Waals surface area (Å²) in [5.74, 6) is -0.212. The van der Waals surface area contributed by atoms with Crippen molar-refractivity contribution >= 4 is 17.3 Å². The van der Waals surface area contributed by atoms with Gasteiger partial charge in [0.15, 0.2) is 0 Å². The monoisotopic (exact) mass is 289 g/mol. The summed E-state index contributed by atoms with van der Waals surface area (Å²) in [6.45, 7) is 0.372. The highest BCUT2D eigenvalue weighted by Crippen LogP contribution is 2.26. The molecule has 0 radical (unpaired) electrons. The molecule has 2 aromatic rings. The van der Waals surface area contributed by atoms with E-state index in [0.717, 1.165) is 5.56 Å². The van der Waals surface area contributed by atoms with Crippen molar-refractivity contribution in [2.75, 3.05) is 19.4 Å². The van der Waals surface area contributed by atoms with Crippen LogP contribution >= 0.6 is 0 Å². The first-order valence-corrected chi connectivity index (χ1v) is 6.20. The van der Waals surface area contributed by atoms with E-state index in [4.69, 9.17) is 0 Å². The quantitative estimate of drug-likeness (QED) is 0.643. The molecule has 0 fully saturated rings. The molecule has 21 heavy (non-hydrogen) atoms. The summed E-state index contributed by atoms with van der Waals surface area (Å²) in [6, 6.07) is 4.26. The molecule has 0 bridgehead atoms. The number of H-pyrrole nitrogens is 1. The molecule has 2 N–H and O–H groups in total. The van der Waals surface area contributed by atoms with Crippen molar-refractivity contribution < 1.29 is 9.72 Å². The molecule has 0 spiro atoms. The Balaban J connectivity index is 2.28. The molecule has 0 aliphatic carbocycles. The zero-order valence-corrected chi connectivity index (χ0v) is 11.7. The van der Waals surface area contributed by atoms with E-state index in [2.05, 4.69) is 15.5 Å². The van der Waals surface area contributed by atoms with Gasteiger partial charge in [-0.25, -0.2) is 0 Å². The van der Waals surface area contributed by atoms with Gasteiger partial charge >= 0.3 is 0 Å². The molecule has 0 aliphatic rings. The number of rotatable bonds is 5. The van der Waals surface area contributed by atoms with Gasteiger partial charge in [-0.05, 0) is 12.1 Å². The molecular weight excluding hydrogens is 274 g/mol. The predicted octanol–water partition coefficient (Wildman–Crippen LogP) is 1.63. The highest BCUT2D eigenvalue weighted by molar-refractivity contribution is 5.95. The van der Waals surface area contributed by atoms with Gasteiger partial charge in [-0.15, -0.1) is 0 Å². The molecule has 8 nitrogen and oxygen atoms in total. The van der Waals surface area contributed by atoms with Crippen molar-refractivity contribution in [3.63, 3.8) is 0 Å². The van der Waals surface area contributed by atoms with Crippen LogP contribution in [-0.2, 0) is 6.54 Å². The number of amides is 1. The number of nitrogens with one attached hydrogen (secondary N) is 2. The van der Waals surface area contributed by atoms with E-state index in [1.807, 2.05) is 0 Å². The van der Waals surface area contributed by atoms with Gasteiger partial charge in [-0.2, -0.15) is 5.10 Å². The molecule has 0 aliphatic heterocycles. The Morgan fingerprint density at radius 2 is 2.24 bits per heavy atom. The standard InChI is InChI=1S/C13H15N5O3/c1-17(2)13(19)10-3-4-12(18(20)21)11(5-10)14-6-9-7-15-16-8-9/h3-5,7-8,14H,6H2,1-2H3,(H,15,16). The highest BCUT2D eigenvalue weighted by atomic mass is 16.6. The Morgan fingerprint density at radius 3 is 2.81 bits per heavy atom. The van der Waals surface area contributed by atoms with Crippen LogP contribution in [0, 0.1) is 10.1 Å². The maximum Gasteiger partial charge on any atom is 0.292 e. The van der Waals surface area contributed by atoms with Crippen molar-refractivity contribution in [1.29, 1.82) is 0 Å². The largest absolute Gasteiger partial charge is 0.375 e. The number of anilines is 1. The number of hydrogen-bond acceptors (Lipinski definition) is 5. The molecule has 110 valence electrons. The zero-order chi connectivity index (χ0) is 15.4. The van der Waals surface area contributed by atoms with E-state index in [1.54, 1.807) is 26.5 Å². The first kappa shape index (κ1) is 14.5. The van der Waals surface area contributed by atoms with Crippen LogP contribution in [-0.4, -0.2) is 40.0 Å². The molecule has 1 heterocycles. The molecule has 1 amide bonds. The molecule has 1 aromatic carbocycles. The Kier molecular flexibility index (Phi) is 4.17. The second kappa shape index (κ2) is 6.04. The lowest BCUT2D eigenvalue weighted by atomic mass is 10.1. The summed E-state index contributed by atoms with van der Waals surface area (Å²) in [7, 11) is 3.25. The van der Waals surface area contributed by atoms with Gasteiger partial charge in [0.2, 0.25) is 0 Å². The lowest BCUT2D eigenvalue weighted by molar-refractivity contribution is -0.384. The maximum absolute atomic E-state index is 11.9. The summed E-state index contributed by atoms with van der Waals surface area (Å²) < 4.78 is 0. The predicted molar refractivity (Wildman–Crippen MR) is 77.0 cm³/mol. The van der Waals surface area contributed by atoms with Crippen molar-refractivity contribution in [1.82, 2.24) is 15.1 Å². The lowest BCUT2D eigenvalue weighted by Gasteiger charge is -2.12. The molecule has 2 rings (SSSR count). The fourth-order valence-corrected chi connectivity index (χ4v) is 1.80. The van der Waals surface area contributed by atoms with Crippen molar-refractivity contribution in [3.8, 4) is 0 Å². The van der Waals surface area contributed by atoms with E-state index in [-0.39, 0.29) is 11.6 Å². The topological polar surface area (TPSA) is 104 Å². The third kappa shape index (κ3) is 3.35. The highest BCUT2D eigenvalue weighted by Gasteiger charge is 2.17. The number of carbonyl (C=O) groups is 1. The number of nitro groups is 1. The normalized spacial score (nSPS) is 10.2. The van der Waals surface area contributed by atoms with Crippen LogP contribution in [0.2, 0.25) is 0 Å². The van der Waals surface area contributed by atoms with E-state index < -0.39 is 4.92 Å². The Bertz CT molecular complexity index is 652. The number of nitro benzene ring substituents is 1. The van der Waals surface area contributed by atoms with Gasteiger partial charge in [0, 0.05) is 44.0 Å². The molecule has 0 unspecified atom stereocenters. The SMILES string of the molecule is CN(C)C(=O)c1ccc([N+](=O)[O-])c(NCc2cn[nH]c2)c1. The van der Waals surface area contributed by atoms with Gasteiger partial charge in [-0.3, -0.25) is 20.0 Å². The lowest BCUT2D eigenvalue weighted by Crippen LogP contribution is -2.21. The van der Waals surface area contributed by atoms with Gasteiger partial charge in [0.25, 0.3) is 11.6 Å². The van der Waals surface area contributed by atoms with Crippen molar-refractivity contribution in [2.24, 2.45) is 0 Å². The van der Waals surface area contributed by atoms with Crippen molar-refractivity contribution in [3.05, 3.63) is 51.8 Å². The number of aromatic nitrogens is 2. The minimum atomic E-state index is -0.485. The molecule has 0 atom stereocenters. The fourth-order valence-electron chi connectivity index (χ4n) is 1.80. The molecule has 0 saturated carbocycles. The number of benzene rings is 1. The second-order valence-electron chi connectivity index (χ2n) is 4.65. The van der Waals surface area contributed by atoms with Crippen LogP contribution in [0.1, 0.15) is 15.9 Å². The van der Waals surface area contributed by atoms with E-state index in [0.29, 0.717) is 17.8 Å². The molecule has 1 aromatic heterocycles. The summed E-state index contributed by atoms with van der Waals surface area (Å²) in [6.07, 6.45) is 3.31. The summed E-state index contributed by atoms with van der Waals surface area (Å²) in [5, 5.41) is 20.5. The van der Waals surface area contributed by atoms with Crippen molar-refractivity contribution in [2.45, 2.75) is 6.54 Å². The van der Waals surface area contributed by atoms with Crippen LogP contribution in [0.4, 0.5) is 11.4 Å². The van der Waals surface area contributed by atoms with E-state index in [1.165, 1.54) is 23.1 Å². The maximum atomic E-state index is 11.9. The Hall–Kier alpha value is -2.90. The van der Waals surface area contributed by atoms with Gasteiger partial charge in [-0.1, -0.05) is 0 Å². The third-order valence-electron chi connectivity index (χ3n) is 2.88. The Morgan fingerprint density at radius 1 is 1.48 bits per heavy atom. The van der Waals surface area contributed by atoms with Crippen LogP contribution in [0.25, 0.3) is 0 Å². The number of nitrogens with zero attached hydrogens (tertiary/aromatic N) is 3. The molecule has 0 saturated heterocycles. The second-order valence-corrected chi connectivity index (χ2v) is 4.65. The average molecular weight is 289 g/mol. The number of carbonyl (C=O) groups excluding carboxylic acids is 1. The molecule has 8 heteroatoms. The third-order valence-corrected chi connectivity index (χ3v) is 2.88. The minimum absolute atomic E-state index is 0.0752. The van der Waals surface area contributed by atoms with Crippen LogP contribution in [0.15, 0.2) is 30.6 Å². The number of aromatic amines is 1. The summed E-state index contributed by atoms with van der Waals surface area (Å²) >= 11 is 0. The zero-order valence-electron chi connectivity index (χ0n) is 11.7. The summed E-state index contributed by atoms with van der Waals surface area (Å²) in [5.41, 5.74) is 1.47. The van der Waals surface area contributed by atoms with E-state index >= 15 is 0 Å². The molecular formula is C13H15N5O3. The van der Waals surface area contributed by atoms with Gasteiger partial charge < -0.3 is 10.2 Å². The van der Waals surface area contributed by atoms with Crippen LogP contribution in [0.3, 0.4) is 0 Å². The van der Waals surface area contributed by atoms with E-state index in [9.17, 15) is 14.9 Å². The van der Waals surface area contributed by atoms with Crippen LogP contribution < -0.4 is 5.32 Å². The summed E-state index contributed by atoms with van der Waals surface area (Å²) in [4.78, 5) is 23.9. The first-order chi connectivity index (χ1) is 9.99. The van der Waals surface area contributed by atoms with Crippen LogP contribution in [0.5, 0.6) is 0 Å². The fraction of sp³-hybridized carbons (Fsp3) is 0.231. The minimum Gasteiger partial charge on any atom is -0.375 e. The number of hydrogen-bond donors (Lipinski definition) is 2.